The molecule has 0 saturated heterocycles. The molecule has 0 heterocycles. The number of hydrogen-bond acceptors (Lipinski definition) is 4. The third kappa shape index (κ3) is 10.4. The number of para-hydroxylation sites is 2. The van der Waals surface area contributed by atoms with Crippen molar-refractivity contribution in [1.82, 2.24) is 0 Å². The van der Waals surface area contributed by atoms with Crippen molar-refractivity contribution < 1.29 is 18.8 Å². The zero-order valence-electron chi connectivity index (χ0n) is 22.5. The van der Waals surface area contributed by atoms with Crippen LogP contribution < -0.4 is 0 Å². The molecule has 0 radical (unpaired) electrons. The standard InChI is InChI=1S/C28H44N4O4/c1-31(2,23-25-17-11-13-19-27(25)29(33)34)21-15-9-7-5-6-8-10-16-22-32(3,4)24-26-18-12-14-20-28(26)30(35)36/h11-14,17-20H,5-10,15-16,21-24H2,1-4H3/q+2. The first-order chi connectivity index (χ1) is 17.0. The van der Waals surface area contributed by atoms with Gasteiger partial charge >= 0.3 is 0 Å². The summed E-state index contributed by atoms with van der Waals surface area (Å²) >= 11 is 0. The minimum absolute atomic E-state index is 0.215. The van der Waals surface area contributed by atoms with Crippen molar-refractivity contribution in [3.8, 4) is 0 Å². The molecule has 0 bridgehead atoms. The van der Waals surface area contributed by atoms with Gasteiger partial charge in [0.25, 0.3) is 11.4 Å². The smallest absolute Gasteiger partial charge is 0.278 e. The minimum Gasteiger partial charge on any atom is -0.325 e. The Bertz CT molecular complexity index is 912. The van der Waals surface area contributed by atoms with Crippen molar-refractivity contribution in [3.63, 3.8) is 0 Å². The monoisotopic (exact) mass is 500 g/mol. The first-order valence-electron chi connectivity index (χ1n) is 13.1. The molecule has 8 heteroatoms. The molecule has 0 amide bonds. The molecule has 0 aromatic heterocycles. The Morgan fingerprint density at radius 3 is 1.19 bits per heavy atom. The number of unbranched alkanes of at least 4 members (excludes halogenated alkanes) is 7. The van der Waals surface area contributed by atoms with E-state index in [2.05, 4.69) is 28.2 Å². The van der Waals surface area contributed by atoms with Crippen molar-refractivity contribution >= 4 is 11.4 Å². The number of nitro benzene ring substituents is 2. The molecule has 0 spiro atoms. The molecular weight excluding hydrogens is 456 g/mol. The van der Waals surface area contributed by atoms with Crippen LogP contribution in [0, 0.1) is 20.2 Å². The van der Waals surface area contributed by atoms with Gasteiger partial charge in [-0.25, -0.2) is 0 Å². The molecule has 2 aromatic carbocycles. The molecule has 8 nitrogen and oxygen atoms in total. The molecule has 0 aliphatic heterocycles. The lowest BCUT2D eigenvalue weighted by molar-refractivity contribution is -0.904. The number of hydrogen-bond donors (Lipinski definition) is 0. The van der Waals surface area contributed by atoms with Crippen LogP contribution in [0.2, 0.25) is 0 Å². The number of rotatable bonds is 17. The highest BCUT2D eigenvalue weighted by atomic mass is 16.6. The van der Waals surface area contributed by atoms with Crippen LogP contribution in [-0.4, -0.2) is 60.1 Å². The molecule has 0 saturated carbocycles. The van der Waals surface area contributed by atoms with Crippen molar-refractivity contribution in [2.24, 2.45) is 0 Å². The second-order valence-corrected chi connectivity index (χ2v) is 11.2. The van der Waals surface area contributed by atoms with Gasteiger partial charge in [-0.3, -0.25) is 20.2 Å². The lowest BCUT2D eigenvalue weighted by Gasteiger charge is -2.30. The molecule has 0 aliphatic carbocycles. The van der Waals surface area contributed by atoms with Crippen molar-refractivity contribution in [1.29, 1.82) is 0 Å². The predicted octanol–water partition coefficient (Wildman–Crippen LogP) is 6.48. The summed E-state index contributed by atoms with van der Waals surface area (Å²) in [4.78, 5) is 22.0. The molecular formula is C28H44N4O4+2. The van der Waals surface area contributed by atoms with E-state index < -0.39 is 0 Å². The Kier molecular flexibility index (Phi) is 11.5. The van der Waals surface area contributed by atoms with Crippen LogP contribution in [0.15, 0.2) is 48.5 Å². The van der Waals surface area contributed by atoms with Crippen LogP contribution in [0.25, 0.3) is 0 Å². The largest absolute Gasteiger partial charge is 0.325 e. The normalized spacial score (nSPS) is 12.0. The maximum atomic E-state index is 11.3. The Morgan fingerprint density at radius 2 is 0.861 bits per heavy atom. The summed E-state index contributed by atoms with van der Waals surface area (Å²) in [6.07, 6.45) is 9.58. The topological polar surface area (TPSA) is 86.3 Å². The summed E-state index contributed by atoms with van der Waals surface area (Å²) in [6.45, 7) is 3.37. The predicted molar refractivity (Wildman–Crippen MR) is 144 cm³/mol. The molecule has 198 valence electrons. The van der Waals surface area contributed by atoms with E-state index in [-0.39, 0.29) is 21.2 Å². The lowest BCUT2D eigenvalue weighted by atomic mass is 10.1. The SMILES string of the molecule is C[N+](C)(CCCCCCCCCC[N+](C)(C)Cc1ccccc1[N+](=O)[O-])Cc1ccccc1[N+](=O)[O-]. The molecule has 36 heavy (non-hydrogen) atoms. The summed E-state index contributed by atoms with van der Waals surface area (Å²) in [6, 6.07) is 14.1. The van der Waals surface area contributed by atoms with Crippen LogP contribution in [0.1, 0.15) is 62.5 Å². The van der Waals surface area contributed by atoms with Gasteiger partial charge in [0.2, 0.25) is 0 Å². The highest BCUT2D eigenvalue weighted by molar-refractivity contribution is 5.39. The Balaban J connectivity index is 1.57. The fourth-order valence-electron chi connectivity index (χ4n) is 4.87. The Labute approximate surface area is 216 Å². The Hall–Kier alpha value is -2.84. The average Bonchev–Trinajstić information content (AvgIpc) is 2.80. The Morgan fingerprint density at radius 1 is 0.556 bits per heavy atom. The van der Waals surface area contributed by atoms with Gasteiger partial charge in [0.05, 0.1) is 62.3 Å². The van der Waals surface area contributed by atoms with Crippen LogP contribution >= 0.6 is 0 Å². The van der Waals surface area contributed by atoms with Gasteiger partial charge in [0.1, 0.15) is 13.1 Å². The number of benzene rings is 2. The average molecular weight is 501 g/mol. The van der Waals surface area contributed by atoms with Gasteiger partial charge in [-0.05, 0) is 37.8 Å². The van der Waals surface area contributed by atoms with E-state index in [0.29, 0.717) is 13.1 Å². The van der Waals surface area contributed by atoms with Crippen LogP contribution in [0.4, 0.5) is 11.4 Å². The molecule has 0 fully saturated rings. The maximum Gasteiger partial charge on any atom is 0.278 e. The summed E-state index contributed by atoms with van der Waals surface area (Å²) in [5.41, 5.74) is 2.03. The van der Waals surface area contributed by atoms with Crippen LogP contribution in [0.3, 0.4) is 0 Å². The van der Waals surface area contributed by atoms with Gasteiger partial charge in [0.15, 0.2) is 0 Å². The summed E-state index contributed by atoms with van der Waals surface area (Å²) < 4.78 is 1.51. The molecule has 2 rings (SSSR count). The summed E-state index contributed by atoms with van der Waals surface area (Å²) in [5.74, 6) is 0. The summed E-state index contributed by atoms with van der Waals surface area (Å²) in [5, 5.41) is 22.5. The number of quaternary nitrogens is 2. The number of nitro groups is 2. The van der Waals surface area contributed by atoms with Crippen LogP contribution in [0.5, 0.6) is 0 Å². The minimum atomic E-state index is -0.287. The second kappa shape index (κ2) is 14.0. The van der Waals surface area contributed by atoms with E-state index in [0.717, 1.165) is 46.0 Å². The van der Waals surface area contributed by atoms with E-state index in [9.17, 15) is 20.2 Å². The molecule has 0 aliphatic rings. The molecule has 0 atom stereocenters. The zero-order chi connectivity index (χ0) is 26.6. The molecule has 0 unspecified atom stereocenters. The quantitative estimate of drug-likeness (QED) is 0.108. The van der Waals surface area contributed by atoms with Crippen molar-refractivity contribution in [2.75, 3.05) is 41.3 Å². The van der Waals surface area contributed by atoms with Crippen LogP contribution in [-0.2, 0) is 13.1 Å². The third-order valence-electron chi connectivity index (χ3n) is 6.85. The van der Waals surface area contributed by atoms with E-state index in [1.54, 1.807) is 24.3 Å². The summed E-state index contributed by atoms with van der Waals surface area (Å²) in [7, 11) is 8.58. The van der Waals surface area contributed by atoms with E-state index in [4.69, 9.17) is 0 Å². The van der Waals surface area contributed by atoms with E-state index in [1.165, 1.54) is 38.5 Å². The molecule has 2 aromatic rings. The zero-order valence-corrected chi connectivity index (χ0v) is 22.5. The molecule has 0 N–H and O–H groups in total. The van der Waals surface area contributed by atoms with Crippen molar-refractivity contribution in [3.05, 3.63) is 79.9 Å². The first kappa shape index (κ1) is 29.4. The van der Waals surface area contributed by atoms with Crippen molar-refractivity contribution in [2.45, 2.75) is 64.5 Å². The maximum absolute atomic E-state index is 11.3. The fourth-order valence-corrected chi connectivity index (χ4v) is 4.87. The van der Waals surface area contributed by atoms with Gasteiger partial charge in [-0.1, -0.05) is 49.9 Å². The third-order valence-corrected chi connectivity index (χ3v) is 6.85. The van der Waals surface area contributed by atoms with Gasteiger partial charge in [-0.15, -0.1) is 0 Å². The fraction of sp³-hybridized carbons (Fsp3) is 0.571. The van der Waals surface area contributed by atoms with Gasteiger partial charge < -0.3 is 8.97 Å². The van der Waals surface area contributed by atoms with E-state index >= 15 is 0 Å². The number of nitrogens with zero attached hydrogens (tertiary/aromatic N) is 4. The highest BCUT2D eigenvalue weighted by Gasteiger charge is 2.23. The van der Waals surface area contributed by atoms with Gasteiger partial charge in [-0.2, -0.15) is 0 Å². The second-order valence-electron chi connectivity index (χ2n) is 11.2. The highest BCUT2D eigenvalue weighted by Crippen LogP contribution is 2.23. The van der Waals surface area contributed by atoms with Gasteiger partial charge in [0, 0.05) is 12.1 Å². The lowest BCUT2D eigenvalue weighted by Crippen LogP contribution is -2.39. The first-order valence-corrected chi connectivity index (χ1v) is 13.1. The van der Waals surface area contributed by atoms with E-state index in [1.807, 2.05) is 24.3 Å².